The van der Waals surface area contributed by atoms with Crippen LogP contribution in [0.15, 0.2) is 49.1 Å². The van der Waals surface area contributed by atoms with Crippen LogP contribution in [0.1, 0.15) is 64.3 Å². The zero-order valence-electron chi connectivity index (χ0n) is 22.4. The Hall–Kier alpha value is -4.05. The summed E-state index contributed by atoms with van der Waals surface area (Å²) in [4.78, 5) is 39.3. The van der Waals surface area contributed by atoms with Gasteiger partial charge >= 0.3 is 6.09 Å². The van der Waals surface area contributed by atoms with Crippen LogP contribution >= 0.6 is 0 Å². The molecule has 10 heteroatoms. The van der Waals surface area contributed by atoms with Crippen LogP contribution in [0, 0.1) is 0 Å². The van der Waals surface area contributed by atoms with E-state index in [9.17, 15) is 4.79 Å². The van der Waals surface area contributed by atoms with Crippen LogP contribution in [-0.2, 0) is 4.74 Å². The Kier molecular flexibility index (Phi) is 6.98. The van der Waals surface area contributed by atoms with Crippen LogP contribution in [0.25, 0.3) is 33.9 Å². The van der Waals surface area contributed by atoms with Crippen LogP contribution < -0.4 is 5.32 Å². The summed E-state index contributed by atoms with van der Waals surface area (Å²) < 4.78 is 5.59. The number of imidazole rings is 2. The minimum atomic E-state index is -0.536. The number of H-pyrrole nitrogens is 2. The molecule has 198 valence electrons. The van der Waals surface area contributed by atoms with Gasteiger partial charge in [-0.2, -0.15) is 0 Å². The summed E-state index contributed by atoms with van der Waals surface area (Å²) in [5.41, 5.74) is 4.04. The van der Waals surface area contributed by atoms with Gasteiger partial charge in [-0.15, -0.1) is 0 Å². The molecule has 0 unspecified atom stereocenters. The Labute approximate surface area is 222 Å². The molecule has 3 N–H and O–H groups in total. The number of likely N-dealkylation sites (tertiary alicyclic amines) is 1. The van der Waals surface area contributed by atoms with Crippen LogP contribution in [0.3, 0.4) is 0 Å². The van der Waals surface area contributed by atoms with Crippen molar-refractivity contribution < 1.29 is 9.53 Å². The predicted molar refractivity (Wildman–Crippen MR) is 145 cm³/mol. The van der Waals surface area contributed by atoms with E-state index < -0.39 is 5.60 Å². The van der Waals surface area contributed by atoms with Gasteiger partial charge in [-0.25, -0.2) is 24.7 Å². The average Bonchev–Trinajstić information content (AvgIpc) is 3.68. The monoisotopic (exact) mass is 514 g/mol. The summed E-state index contributed by atoms with van der Waals surface area (Å²) in [5, 5.41) is 3.18. The van der Waals surface area contributed by atoms with Gasteiger partial charge in [-0.05, 0) is 53.1 Å². The fourth-order valence-electron chi connectivity index (χ4n) is 4.50. The maximum Gasteiger partial charge on any atom is 0.410 e. The third-order valence-corrected chi connectivity index (χ3v) is 6.65. The normalized spacial score (nSPS) is 16.6. The Morgan fingerprint density at radius 1 is 0.974 bits per heavy atom. The number of hydrogen-bond acceptors (Lipinski definition) is 7. The second-order valence-electron chi connectivity index (χ2n) is 10.6. The first-order valence-electron chi connectivity index (χ1n) is 12.9. The zero-order valence-corrected chi connectivity index (χ0v) is 22.4. The molecule has 0 aliphatic carbocycles. The SMILES string of the molecule is CN[C@@H](C)c1ncc(-c2ccc(-c3ncc(-c4cnc([C@@H]5CCCN5C(=O)OC(C)(C)C)[nH]4)cn3)cc2)[nH]1. The Morgan fingerprint density at radius 2 is 1.63 bits per heavy atom. The maximum atomic E-state index is 12.7. The Bertz CT molecular complexity index is 1390. The molecule has 1 amide bonds. The van der Waals surface area contributed by atoms with Crippen LogP contribution in [0.5, 0.6) is 0 Å². The topological polar surface area (TPSA) is 125 Å². The standard InChI is InChI=1S/C28H34N8O2/c1-17(29-5)24-32-15-21(34-24)18-8-10-19(11-9-18)25-30-13-20(14-31-25)22-16-33-26(35-22)23-7-6-12-36(23)27(37)38-28(2,3)4/h8-11,13-17,23,29H,6-7,12H2,1-5H3,(H,32,34)(H,33,35)/t17-,23-/m0/s1. The second-order valence-corrected chi connectivity index (χ2v) is 10.6. The molecule has 1 aromatic carbocycles. The number of hydrogen-bond donors (Lipinski definition) is 3. The minimum Gasteiger partial charge on any atom is -0.444 e. The molecule has 1 fully saturated rings. The molecular formula is C28H34N8O2. The fraction of sp³-hybridized carbons (Fsp3) is 0.393. The van der Waals surface area contributed by atoms with Gasteiger partial charge in [0.2, 0.25) is 0 Å². The maximum absolute atomic E-state index is 12.7. The van der Waals surface area contributed by atoms with Gasteiger partial charge < -0.3 is 20.0 Å². The summed E-state index contributed by atoms with van der Waals surface area (Å²) in [7, 11) is 1.91. The van der Waals surface area contributed by atoms with E-state index in [1.165, 1.54) is 0 Å². The molecule has 38 heavy (non-hydrogen) atoms. The molecule has 5 rings (SSSR count). The van der Waals surface area contributed by atoms with Crippen molar-refractivity contribution in [3.05, 3.63) is 60.7 Å². The fourth-order valence-corrected chi connectivity index (χ4v) is 4.50. The van der Waals surface area contributed by atoms with Crippen molar-refractivity contribution in [1.82, 2.24) is 40.1 Å². The molecule has 0 saturated carbocycles. The molecule has 1 saturated heterocycles. The Morgan fingerprint density at radius 3 is 2.32 bits per heavy atom. The van der Waals surface area contributed by atoms with Crippen molar-refractivity contribution in [1.29, 1.82) is 0 Å². The highest BCUT2D eigenvalue weighted by Crippen LogP contribution is 2.33. The van der Waals surface area contributed by atoms with Crippen molar-refractivity contribution in [2.24, 2.45) is 0 Å². The van der Waals surface area contributed by atoms with Gasteiger partial charge in [0.15, 0.2) is 5.82 Å². The van der Waals surface area contributed by atoms with E-state index in [-0.39, 0.29) is 18.2 Å². The zero-order chi connectivity index (χ0) is 26.9. The first-order valence-corrected chi connectivity index (χ1v) is 12.9. The number of carbonyl (C=O) groups excluding carboxylic acids is 1. The third-order valence-electron chi connectivity index (χ3n) is 6.65. The van der Waals surface area contributed by atoms with E-state index in [4.69, 9.17) is 4.74 Å². The number of nitrogens with one attached hydrogen (secondary N) is 3. The van der Waals surface area contributed by atoms with Gasteiger partial charge in [-0.1, -0.05) is 24.3 Å². The number of benzene rings is 1. The van der Waals surface area contributed by atoms with Gasteiger partial charge in [0.1, 0.15) is 17.2 Å². The molecule has 0 spiro atoms. The summed E-state index contributed by atoms with van der Waals surface area (Å²) in [6, 6.07) is 8.10. The van der Waals surface area contributed by atoms with Crippen LogP contribution in [0.2, 0.25) is 0 Å². The smallest absolute Gasteiger partial charge is 0.410 e. The van der Waals surface area contributed by atoms with E-state index in [0.717, 1.165) is 52.6 Å². The van der Waals surface area contributed by atoms with Gasteiger partial charge in [0.25, 0.3) is 0 Å². The molecule has 1 aliphatic rings. The van der Waals surface area contributed by atoms with Crippen molar-refractivity contribution in [2.75, 3.05) is 13.6 Å². The highest BCUT2D eigenvalue weighted by Gasteiger charge is 2.34. The van der Waals surface area contributed by atoms with Gasteiger partial charge in [0.05, 0.1) is 35.9 Å². The van der Waals surface area contributed by atoms with Crippen molar-refractivity contribution in [2.45, 2.75) is 58.2 Å². The quantitative estimate of drug-likeness (QED) is 0.320. The average molecular weight is 515 g/mol. The molecular weight excluding hydrogens is 480 g/mol. The lowest BCUT2D eigenvalue weighted by Crippen LogP contribution is -2.36. The summed E-state index contributed by atoms with van der Waals surface area (Å²) >= 11 is 0. The predicted octanol–water partition coefficient (Wildman–Crippen LogP) is 5.28. The number of ether oxygens (including phenoxy) is 1. The number of rotatable bonds is 6. The van der Waals surface area contributed by atoms with E-state index in [1.54, 1.807) is 23.5 Å². The number of aromatic amines is 2. The molecule has 4 heterocycles. The van der Waals surface area contributed by atoms with Crippen LogP contribution in [-0.4, -0.2) is 60.1 Å². The van der Waals surface area contributed by atoms with Crippen molar-refractivity contribution in [3.8, 4) is 33.9 Å². The first kappa shape index (κ1) is 25.6. The van der Waals surface area contributed by atoms with Crippen molar-refractivity contribution in [3.63, 3.8) is 0 Å². The third kappa shape index (κ3) is 5.45. The number of amides is 1. The summed E-state index contributed by atoms with van der Waals surface area (Å²) in [5.74, 6) is 2.29. The molecule has 0 bridgehead atoms. The highest BCUT2D eigenvalue weighted by molar-refractivity contribution is 5.69. The Balaban J connectivity index is 1.28. The van der Waals surface area contributed by atoms with E-state index in [0.29, 0.717) is 12.4 Å². The van der Waals surface area contributed by atoms with E-state index >= 15 is 0 Å². The lowest BCUT2D eigenvalue weighted by atomic mass is 10.1. The molecule has 10 nitrogen and oxygen atoms in total. The lowest BCUT2D eigenvalue weighted by Gasteiger charge is -2.27. The minimum absolute atomic E-state index is 0.135. The summed E-state index contributed by atoms with van der Waals surface area (Å²) in [6.07, 6.45) is 8.63. The second kappa shape index (κ2) is 10.4. The lowest BCUT2D eigenvalue weighted by molar-refractivity contribution is 0.0218. The molecule has 4 aromatic rings. The van der Waals surface area contributed by atoms with Gasteiger partial charge in [0, 0.05) is 30.1 Å². The van der Waals surface area contributed by atoms with Crippen molar-refractivity contribution >= 4 is 6.09 Å². The van der Waals surface area contributed by atoms with E-state index in [2.05, 4.69) is 42.1 Å². The highest BCUT2D eigenvalue weighted by atomic mass is 16.6. The number of aromatic nitrogens is 6. The first-order chi connectivity index (χ1) is 18.2. The molecule has 3 aromatic heterocycles. The number of carbonyl (C=O) groups is 1. The molecule has 1 aliphatic heterocycles. The van der Waals surface area contributed by atoms with E-state index in [1.807, 2.05) is 58.3 Å². The summed E-state index contributed by atoms with van der Waals surface area (Å²) in [6.45, 7) is 8.34. The van der Waals surface area contributed by atoms with Crippen LogP contribution in [0.4, 0.5) is 4.79 Å². The van der Waals surface area contributed by atoms with Gasteiger partial charge in [-0.3, -0.25) is 4.90 Å². The molecule has 0 radical (unpaired) electrons. The largest absolute Gasteiger partial charge is 0.444 e. The number of nitrogens with zero attached hydrogens (tertiary/aromatic N) is 5. The molecule has 2 atom stereocenters.